The summed E-state index contributed by atoms with van der Waals surface area (Å²) in [6, 6.07) is 0.327. The lowest BCUT2D eigenvalue weighted by atomic mass is 10.0. The van der Waals surface area contributed by atoms with Crippen molar-refractivity contribution in [1.29, 1.82) is 0 Å². The minimum Gasteiger partial charge on any atom is -0.464 e. The molecular weight excluding hydrogens is 270 g/mol. The summed E-state index contributed by atoms with van der Waals surface area (Å²) in [5, 5.41) is 0.224. The minimum absolute atomic E-state index is 0. The Morgan fingerprint density at radius 1 is 1.71 bits per heavy atom. The molecule has 0 aliphatic heterocycles. The third-order valence-electron chi connectivity index (χ3n) is 1.99. The molecule has 1 rings (SSSR count). The van der Waals surface area contributed by atoms with Gasteiger partial charge in [0.05, 0.1) is 17.7 Å². The van der Waals surface area contributed by atoms with E-state index in [4.69, 9.17) is 17.3 Å². The molecule has 7 heteroatoms. The number of aromatic nitrogens is 1. The summed E-state index contributed by atoms with van der Waals surface area (Å²) in [7, 11) is 0. The maximum atomic E-state index is 13.6. The maximum absolute atomic E-state index is 13.6. The molecule has 0 radical (unpaired) electrons. The van der Waals surface area contributed by atoms with Gasteiger partial charge in [0.15, 0.2) is 0 Å². The second-order valence-corrected chi connectivity index (χ2v) is 3.48. The summed E-state index contributed by atoms with van der Waals surface area (Å²) in [6.07, 6.45) is 0.841. The van der Waals surface area contributed by atoms with Gasteiger partial charge in [-0.15, -0.1) is 12.4 Å². The van der Waals surface area contributed by atoms with Gasteiger partial charge in [-0.3, -0.25) is 4.98 Å². The number of halogens is 3. The molecule has 0 saturated heterocycles. The van der Waals surface area contributed by atoms with Crippen LogP contribution in [0.3, 0.4) is 0 Å². The van der Waals surface area contributed by atoms with Crippen LogP contribution in [-0.2, 0) is 9.53 Å². The average Bonchev–Trinajstić information content (AvgIpc) is 2.28. The molecule has 2 atom stereocenters. The van der Waals surface area contributed by atoms with Crippen LogP contribution in [0.25, 0.3) is 0 Å². The first kappa shape index (κ1) is 16.1. The summed E-state index contributed by atoms with van der Waals surface area (Å²) >= 11 is 5.78. The van der Waals surface area contributed by atoms with Crippen molar-refractivity contribution < 1.29 is 13.9 Å². The molecule has 0 amide bonds. The highest BCUT2D eigenvalue weighted by Crippen LogP contribution is 2.24. The van der Waals surface area contributed by atoms with Gasteiger partial charge in [0, 0.05) is 12.4 Å². The highest BCUT2D eigenvalue weighted by atomic mass is 35.5. The van der Waals surface area contributed by atoms with Gasteiger partial charge in [0.25, 0.3) is 0 Å². The molecule has 0 fully saturated rings. The molecule has 4 nitrogen and oxygen atoms in total. The number of alkyl halides is 1. The molecular formula is C10H13Cl2FN2O2. The number of pyridine rings is 1. The fraction of sp³-hybridized carbons (Fsp3) is 0.400. The third kappa shape index (κ3) is 4.11. The van der Waals surface area contributed by atoms with Crippen molar-refractivity contribution in [3.63, 3.8) is 0 Å². The Morgan fingerprint density at radius 2 is 2.35 bits per heavy atom. The lowest BCUT2D eigenvalue weighted by molar-refractivity contribution is -0.149. The van der Waals surface area contributed by atoms with E-state index in [9.17, 15) is 9.18 Å². The first-order valence-corrected chi connectivity index (χ1v) is 5.11. The van der Waals surface area contributed by atoms with Crippen molar-refractivity contribution in [2.75, 3.05) is 6.61 Å². The normalized spacial score (nSPS) is 13.4. The largest absolute Gasteiger partial charge is 0.464 e. The molecule has 17 heavy (non-hydrogen) atoms. The van der Waals surface area contributed by atoms with Crippen LogP contribution in [0.4, 0.5) is 4.39 Å². The van der Waals surface area contributed by atoms with E-state index >= 15 is 0 Å². The minimum atomic E-state index is -1.93. The van der Waals surface area contributed by atoms with Crippen molar-refractivity contribution in [2.24, 2.45) is 5.73 Å². The molecule has 0 saturated carbocycles. The Kier molecular flexibility index (Phi) is 7.03. The number of carbonyl (C=O) groups excluding carboxylic acids is 1. The third-order valence-corrected chi connectivity index (χ3v) is 2.31. The predicted molar refractivity (Wildman–Crippen MR) is 65.0 cm³/mol. The van der Waals surface area contributed by atoms with Crippen molar-refractivity contribution in [1.82, 2.24) is 4.98 Å². The number of nitrogens with two attached hydrogens (primary N) is 1. The second-order valence-electron chi connectivity index (χ2n) is 3.08. The van der Waals surface area contributed by atoms with Gasteiger partial charge in [-0.2, -0.15) is 0 Å². The molecule has 0 aliphatic carbocycles. The molecule has 1 heterocycles. The lowest BCUT2D eigenvalue weighted by Crippen LogP contribution is -2.31. The maximum Gasteiger partial charge on any atom is 0.342 e. The van der Waals surface area contributed by atoms with E-state index in [1.165, 1.54) is 18.5 Å². The summed E-state index contributed by atoms with van der Waals surface area (Å²) in [6.45, 7) is 1.70. The van der Waals surface area contributed by atoms with Crippen LogP contribution in [-0.4, -0.2) is 23.7 Å². The first-order chi connectivity index (χ1) is 7.57. The zero-order valence-corrected chi connectivity index (χ0v) is 10.7. The van der Waals surface area contributed by atoms with Gasteiger partial charge < -0.3 is 10.5 Å². The van der Waals surface area contributed by atoms with Crippen LogP contribution in [0.5, 0.6) is 0 Å². The van der Waals surface area contributed by atoms with Crippen molar-refractivity contribution in [3.05, 3.63) is 29.0 Å². The van der Waals surface area contributed by atoms with Gasteiger partial charge in [-0.1, -0.05) is 11.6 Å². The van der Waals surface area contributed by atoms with E-state index in [-0.39, 0.29) is 24.0 Å². The number of ether oxygens (including phenoxy) is 1. The van der Waals surface area contributed by atoms with Crippen LogP contribution in [0.1, 0.15) is 18.5 Å². The molecule has 0 spiro atoms. The summed E-state index contributed by atoms with van der Waals surface area (Å²) < 4.78 is 18.1. The fourth-order valence-electron chi connectivity index (χ4n) is 1.18. The Bertz CT molecular complexity index is 379. The summed E-state index contributed by atoms with van der Waals surface area (Å²) in [4.78, 5) is 14.9. The van der Waals surface area contributed by atoms with Crippen molar-refractivity contribution in [3.8, 4) is 0 Å². The van der Waals surface area contributed by atoms with Crippen LogP contribution in [0.2, 0.25) is 5.02 Å². The topological polar surface area (TPSA) is 65.2 Å². The number of hydrogen-bond acceptors (Lipinski definition) is 4. The summed E-state index contributed by atoms with van der Waals surface area (Å²) in [5.74, 6) is -0.983. The van der Waals surface area contributed by atoms with Crippen LogP contribution >= 0.6 is 24.0 Å². The fourth-order valence-corrected chi connectivity index (χ4v) is 1.43. The monoisotopic (exact) mass is 282 g/mol. The number of rotatable bonds is 4. The van der Waals surface area contributed by atoms with Crippen molar-refractivity contribution in [2.45, 2.75) is 19.1 Å². The second kappa shape index (κ2) is 7.42. The number of hydrogen-bond donors (Lipinski definition) is 1. The predicted octanol–water partition coefficient (Wildman–Crippen LogP) is 2.06. The van der Waals surface area contributed by atoms with Gasteiger partial charge in [-0.25, -0.2) is 9.18 Å². The lowest BCUT2D eigenvalue weighted by Gasteiger charge is -2.16. The van der Waals surface area contributed by atoms with Crippen molar-refractivity contribution >= 4 is 30.0 Å². The number of esters is 1. The zero-order valence-electron chi connectivity index (χ0n) is 9.10. The van der Waals surface area contributed by atoms with E-state index in [0.29, 0.717) is 5.56 Å². The standard InChI is InChI=1S/C10H12ClFN2O2.ClH/c1-2-16-10(15)8(12)9(13)6-3-4-14-5-7(6)11;/h3-5,8-9H,2,13H2,1H3;1H/t8?,9-;/m1./s1. The van der Waals surface area contributed by atoms with Crippen LogP contribution in [0.15, 0.2) is 18.5 Å². The molecule has 1 unspecified atom stereocenters. The van der Waals surface area contributed by atoms with Crippen LogP contribution in [0, 0.1) is 0 Å². The Balaban J connectivity index is 0.00000256. The molecule has 1 aromatic heterocycles. The van der Waals surface area contributed by atoms with E-state index < -0.39 is 18.2 Å². The van der Waals surface area contributed by atoms with E-state index in [2.05, 4.69) is 9.72 Å². The SMILES string of the molecule is CCOC(=O)C(F)[C@H](N)c1ccncc1Cl.Cl. The Morgan fingerprint density at radius 3 is 2.88 bits per heavy atom. The first-order valence-electron chi connectivity index (χ1n) is 4.73. The van der Waals surface area contributed by atoms with Gasteiger partial charge >= 0.3 is 5.97 Å². The Labute approximate surface area is 110 Å². The van der Waals surface area contributed by atoms with E-state index in [0.717, 1.165) is 0 Å². The zero-order chi connectivity index (χ0) is 12.1. The molecule has 0 aliphatic rings. The van der Waals surface area contributed by atoms with E-state index in [1.54, 1.807) is 6.92 Å². The van der Waals surface area contributed by atoms with Gasteiger partial charge in [0.2, 0.25) is 6.17 Å². The molecule has 0 aromatic carbocycles. The highest BCUT2D eigenvalue weighted by Gasteiger charge is 2.28. The number of nitrogens with zero attached hydrogens (tertiary/aromatic N) is 1. The highest BCUT2D eigenvalue weighted by molar-refractivity contribution is 6.31. The molecule has 96 valence electrons. The molecule has 0 bridgehead atoms. The van der Waals surface area contributed by atoms with Gasteiger partial charge in [0.1, 0.15) is 0 Å². The smallest absolute Gasteiger partial charge is 0.342 e. The molecule has 1 aromatic rings. The summed E-state index contributed by atoms with van der Waals surface area (Å²) in [5.41, 5.74) is 5.91. The number of carbonyl (C=O) groups is 1. The quantitative estimate of drug-likeness (QED) is 0.859. The van der Waals surface area contributed by atoms with Crippen LogP contribution < -0.4 is 5.73 Å². The van der Waals surface area contributed by atoms with Gasteiger partial charge in [-0.05, 0) is 18.6 Å². The van der Waals surface area contributed by atoms with E-state index in [1.807, 2.05) is 0 Å². The molecule has 2 N–H and O–H groups in total. The average molecular weight is 283 g/mol. The Hall–Kier alpha value is -0.910.